The largest absolute Gasteiger partial charge is 0.481 e. The Hall–Kier alpha value is -0.710. The number of carboxylic acids is 2. The van der Waals surface area contributed by atoms with E-state index in [-0.39, 0.29) is 18.1 Å². The second-order valence-corrected chi connectivity index (χ2v) is 3.27. The van der Waals surface area contributed by atoms with Crippen LogP contribution in [0.25, 0.3) is 0 Å². The average molecular weight is 192 g/mol. The van der Waals surface area contributed by atoms with Gasteiger partial charge in [-0.2, -0.15) is 12.6 Å². The van der Waals surface area contributed by atoms with Crippen molar-refractivity contribution in [2.75, 3.05) is 0 Å². The van der Waals surface area contributed by atoms with Crippen molar-refractivity contribution in [3.63, 3.8) is 0 Å². The third-order valence-electron chi connectivity index (χ3n) is 1.34. The molecule has 0 bridgehead atoms. The molecule has 0 amide bonds. The molecule has 12 heavy (non-hydrogen) atoms. The van der Waals surface area contributed by atoms with Crippen LogP contribution < -0.4 is 0 Å². The summed E-state index contributed by atoms with van der Waals surface area (Å²) in [5, 5.41) is 16.4. The zero-order valence-electron chi connectivity index (χ0n) is 6.56. The highest BCUT2D eigenvalue weighted by Crippen LogP contribution is 2.10. The smallest absolute Gasteiger partial charge is 0.304 e. The molecule has 0 aromatic rings. The van der Waals surface area contributed by atoms with Crippen molar-refractivity contribution < 1.29 is 19.8 Å². The van der Waals surface area contributed by atoms with E-state index in [4.69, 9.17) is 10.2 Å². The van der Waals surface area contributed by atoms with Crippen LogP contribution in [0.3, 0.4) is 0 Å². The SMILES string of the molecule is O=C(O)CCCC(S)CC(=O)O. The van der Waals surface area contributed by atoms with Gasteiger partial charge in [-0.15, -0.1) is 0 Å². The van der Waals surface area contributed by atoms with E-state index in [0.29, 0.717) is 12.8 Å². The number of hydrogen-bond acceptors (Lipinski definition) is 3. The maximum atomic E-state index is 10.1. The molecular formula is C7H12O4S. The minimum atomic E-state index is -0.898. The fourth-order valence-corrected chi connectivity index (χ4v) is 1.13. The molecule has 0 aromatic carbocycles. The molecule has 0 rings (SSSR count). The van der Waals surface area contributed by atoms with Crippen LogP contribution in [0.15, 0.2) is 0 Å². The molecule has 5 heteroatoms. The Kier molecular flexibility index (Phi) is 5.53. The highest BCUT2D eigenvalue weighted by molar-refractivity contribution is 7.81. The van der Waals surface area contributed by atoms with Crippen LogP contribution in [0.5, 0.6) is 0 Å². The Labute approximate surface area is 76.0 Å². The van der Waals surface area contributed by atoms with Crippen LogP contribution >= 0.6 is 12.6 Å². The van der Waals surface area contributed by atoms with Gasteiger partial charge in [0, 0.05) is 11.7 Å². The van der Waals surface area contributed by atoms with Crippen LogP contribution in [-0.2, 0) is 9.59 Å². The first kappa shape index (κ1) is 11.3. The summed E-state index contributed by atoms with van der Waals surface area (Å²) in [4.78, 5) is 20.2. The van der Waals surface area contributed by atoms with Crippen molar-refractivity contribution in [3.05, 3.63) is 0 Å². The summed E-state index contributed by atoms with van der Waals surface area (Å²) in [5.41, 5.74) is 0. The van der Waals surface area contributed by atoms with E-state index in [0.717, 1.165) is 0 Å². The molecule has 0 saturated heterocycles. The molecule has 4 nitrogen and oxygen atoms in total. The van der Waals surface area contributed by atoms with Gasteiger partial charge in [-0.1, -0.05) is 0 Å². The van der Waals surface area contributed by atoms with E-state index in [2.05, 4.69) is 12.6 Å². The first-order chi connectivity index (χ1) is 5.52. The number of aliphatic carboxylic acids is 2. The highest BCUT2D eigenvalue weighted by Gasteiger charge is 2.08. The summed E-state index contributed by atoms with van der Waals surface area (Å²) in [6.45, 7) is 0. The highest BCUT2D eigenvalue weighted by atomic mass is 32.1. The average Bonchev–Trinajstić information content (AvgIpc) is 1.84. The summed E-state index contributed by atoms with van der Waals surface area (Å²) in [5.74, 6) is -1.75. The predicted octanol–water partition coefficient (Wildman–Crippen LogP) is 1.01. The zero-order valence-corrected chi connectivity index (χ0v) is 7.46. The molecule has 1 atom stereocenters. The number of rotatable bonds is 6. The molecule has 0 aliphatic carbocycles. The van der Waals surface area contributed by atoms with Gasteiger partial charge in [0.15, 0.2) is 0 Å². The molecule has 1 unspecified atom stereocenters. The third kappa shape index (κ3) is 7.40. The van der Waals surface area contributed by atoms with Crippen LogP contribution in [0.4, 0.5) is 0 Å². The quantitative estimate of drug-likeness (QED) is 0.549. The van der Waals surface area contributed by atoms with E-state index in [1.807, 2.05) is 0 Å². The standard InChI is InChI=1S/C7H12O4S/c8-6(9)3-1-2-5(12)4-7(10)11/h5,12H,1-4H2,(H,8,9)(H,10,11). The van der Waals surface area contributed by atoms with Gasteiger partial charge in [-0.3, -0.25) is 9.59 Å². The monoisotopic (exact) mass is 192 g/mol. The van der Waals surface area contributed by atoms with Crippen molar-refractivity contribution in [2.24, 2.45) is 0 Å². The molecule has 2 N–H and O–H groups in total. The second-order valence-electron chi connectivity index (χ2n) is 2.54. The van der Waals surface area contributed by atoms with E-state index >= 15 is 0 Å². The van der Waals surface area contributed by atoms with Crippen LogP contribution in [-0.4, -0.2) is 27.4 Å². The van der Waals surface area contributed by atoms with E-state index in [1.165, 1.54) is 0 Å². The first-order valence-electron chi connectivity index (χ1n) is 3.64. The predicted molar refractivity (Wildman–Crippen MR) is 46.5 cm³/mol. The fraction of sp³-hybridized carbons (Fsp3) is 0.714. The molecule has 0 radical (unpaired) electrons. The molecule has 70 valence electrons. The van der Waals surface area contributed by atoms with E-state index < -0.39 is 11.9 Å². The zero-order chi connectivity index (χ0) is 9.56. The van der Waals surface area contributed by atoms with Crippen LogP contribution in [0.2, 0.25) is 0 Å². The maximum absolute atomic E-state index is 10.1. The summed E-state index contributed by atoms with van der Waals surface area (Å²) >= 11 is 4.00. The summed E-state index contributed by atoms with van der Waals surface area (Å²) in [6, 6.07) is 0. The number of hydrogen-bond donors (Lipinski definition) is 3. The third-order valence-corrected chi connectivity index (χ3v) is 1.78. The van der Waals surface area contributed by atoms with Crippen LogP contribution in [0, 0.1) is 0 Å². The lowest BCUT2D eigenvalue weighted by atomic mass is 10.1. The summed E-state index contributed by atoms with van der Waals surface area (Å²) in [6.07, 6.45) is 1.08. The molecule has 0 fully saturated rings. The van der Waals surface area contributed by atoms with Gasteiger partial charge in [-0.25, -0.2) is 0 Å². The van der Waals surface area contributed by atoms with Gasteiger partial charge < -0.3 is 10.2 Å². The Balaban J connectivity index is 3.37. The van der Waals surface area contributed by atoms with Gasteiger partial charge in [0.2, 0.25) is 0 Å². The van der Waals surface area contributed by atoms with Gasteiger partial charge in [0.05, 0.1) is 6.42 Å². The van der Waals surface area contributed by atoms with E-state index in [9.17, 15) is 9.59 Å². The van der Waals surface area contributed by atoms with Gasteiger partial charge in [-0.05, 0) is 12.8 Å². The molecular weight excluding hydrogens is 180 g/mol. The van der Waals surface area contributed by atoms with Crippen molar-refractivity contribution in [1.29, 1.82) is 0 Å². The molecule has 0 spiro atoms. The van der Waals surface area contributed by atoms with Crippen molar-refractivity contribution in [3.8, 4) is 0 Å². The summed E-state index contributed by atoms with van der Waals surface area (Å²) < 4.78 is 0. The van der Waals surface area contributed by atoms with Crippen molar-refractivity contribution in [2.45, 2.75) is 30.9 Å². The maximum Gasteiger partial charge on any atom is 0.304 e. The second kappa shape index (κ2) is 5.88. The molecule has 0 heterocycles. The number of carbonyl (C=O) groups is 2. The van der Waals surface area contributed by atoms with Crippen LogP contribution in [0.1, 0.15) is 25.7 Å². The lowest BCUT2D eigenvalue weighted by Crippen LogP contribution is -2.07. The minimum Gasteiger partial charge on any atom is -0.481 e. The normalized spacial score (nSPS) is 12.4. The molecule has 0 aliphatic heterocycles. The Morgan fingerprint density at radius 2 is 1.83 bits per heavy atom. The van der Waals surface area contributed by atoms with Gasteiger partial charge in [0.25, 0.3) is 0 Å². The molecule has 0 aromatic heterocycles. The Bertz CT molecular complexity index is 169. The molecule has 0 saturated carbocycles. The van der Waals surface area contributed by atoms with Gasteiger partial charge in [0.1, 0.15) is 0 Å². The van der Waals surface area contributed by atoms with Crippen molar-refractivity contribution >= 4 is 24.6 Å². The Morgan fingerprint density at radius 1 is 1.25 bits per heavy atom. The first-order valence-corrected chi connectivity index (χ1v) is 4.15. The Morgan fingerprint density at radius 3 is 2.25 bits per heavy atom. The minimum absolute atomic E-state index is 0.0112. The summed E-state index contributed by atoms with van der Waals surface area (Å²) in [7, 11) is 0. The number of thiol groups is 1. The topological polar surface area (TPSA) is 74.6 Å². The lowest BCUT2D eigenvalue weighted by molar-refractivity contribution is -0.137. The lowest BCUT2D eigenvalue weighted by Gasteiger charge is -2.05. The van der Waals surface area contributed by atoms with Gasteiger partial charge >= 0.3 is 11.9 Å². The van der Waals surface area contributed by atoms with E-state index in [1.54, 1.807) is 0 Å². The number of carboxylic acid groups (broad SMARTS) is 2. The fourth-order valence-electron chi connectivity index (χ4n) is 0.793. The molecule has 0 aliphatic rings. The van der Waals surface area contributed by atoms with Crippen molar-refractivity contribution in [1.82, 2.24) is 0 Å².